The lowest BCUT2D eigenvalue weighted by Gasteiger charge is -2.20. The Morgan fingerprint density at radius 2 is 1.38 bits per heavy atom. The van der Waals surface area contributed by atoms with Gasteiger partial charge in [0.2, 0.25) is 5.91 Å². The molecule has 0 radical (unpaired) electrons. The van der Waals surface area contributed by atoms with E-state index in [2.05, 4.69) is 10.6 Å². The van der Waals surface area contributed by atoms with Gasteiger partial charge in [0.05, 0.1) is 25.8 Å². The van der Waals surface area contributed by atoms with Gasteiger partial charge in [-0.15, -0.1) is 0 Å². The number of hydrogen-bond acceptors (Lipinski definition) is 6. The number of amides is 2. The van der Waals surface area contributed by atoms with Crippen molar-refractivity contribution in [1.29, 1.82) is 0 Å². The lowest BCUT2D eigenvalue weighted by molar-refractivity contribution is -0.124. The Kier molecular flexibility index (Phi) is 8.23. The Morgan fingerprint density at radius 3 is 1.88 bits per heavy atom. The third-order valence-corrected chi connectivity index (χ3v) is 4.96. The lowest BCUT2D eigenvalue weighted by Crippen LogP contribution is -2.33. The van der Waals surface area contributed by atoms with Gasteiger partial charge in [-0.1, -0.05) is 30.3 Å². The van der Waals surface area contributed by atoms with Crippen molar-refractivity contribution in [3.63, 3.8) is 0 Å². The molecule has 0 atom stereocenters. The van der Waals surface area contributed by atoms with E-state index in [0.717, 1.165) is 11.1 Å². The lowest BCUT2D eigenvalue weighted by atomic mass is 9.98. The van der Waals surface area contributed by atoms with Crippen molar-refractivity contribution >= 4 is 23.5 Å². The van der Waals surface area contributed by atoms with Crippen molar-refractivity contribution in [2.45, 2.75) is 13.0 Å². The third-order valence-electron chi connectivity index (χ3n) is 4.96. The molecule has 3 rings (SSSR count). The SMILES string of the molecule is COc1ccc(C(NC(=O)COC(=O)c2cccc(NC(C)=O)c2)c2ccc(OC)cc2)cc1. The van der Waals surface area contributed by atoms with E-state index in [4.69, 9.17) is 14.2 Å². The molecule has 0 spiro atoms. The van der Waals surface area contributed by atoms with Gasteiger partial charge in [-0.3, -0.25) is 9.59 Å². The van der Waals surface area contributed by atoms with E-state index in [-0.39, 0.29) is 11.5 Å². The highest BCUT2D eigenvalue weighted by Gasteiger charge is 2.19. The molecule has 0 aliphatic rings. The molecule has 0 bridgehead atoms. The van der Waals surface area contributed by atoms with Crippen LogP contribution in [0.4, 0.5) is 5.69 Å². The molecule has 0 unspecified atom stereocenters. The summed E-state index contributed by atoms with van der Waals surface area (Å²) in [7, 11) is 3.16. The average Bonchev–Trinajstić information content (AvgIpc) is 2.86. The summed E-state index contributed by atoms with van der Waals surface area (Å²) in [5.74, 6) is -0.0123. The van der Waals surface area contributed by atoms with Crippen molar-refractivity contribution < 1.29 is 28.6 Å². The smallest absolute Gasteiger partial charge is 0.338 e. The summed E-state index contributed by atoms with van der Waals surface area (Å²) in [4.78, 5) is 36.3. The van der Waals surface area contributed by atoms with Crippen LogP contribution >= 0.6 is 0 Å². The van der Waals surface area contributed by atoms with Gasteiger partial charge < -0.3 is 24.8 Å². The summed E-state index contributed by atoms with van der Waals surface area (Å²) in [6, 6.07) is 20.5. The number of esters is 1. The quantitative estimate of drug-likeness (QED) is 0.470. The summed E-state index contributed by atoms with van der Waals surface area (Å²) in [5.41, 5.74) is 2.34. The van der Waals surface area contributed by atoms with Gasteiger partial charge in [-0.25, -0.2) is 4.79 Å². The summed E-state index contributed by atoms with van der Waals surface area (Å²) in [5, 5.41) is 5.51. The molecule has 0 aliphatic heterocycles. The molecule has 2 N–H and O–H groups in total. The Balaban J connectivity index is 1.71. The van der Waals surface area contributed by atoms with E-state index >= 15 is 0 Å². The maximum Gasteiger partial charge on any atom is 0.338 e. The summed E-state index contributed by atoms with van der Waals surface area (Å²) in [6.45, 7) is 0.906. The molecule has 0 heterocycles. The number of carbonyl (C=O) groups excluding carboxylic acids is 3. The van der Waals surface area contributed by atoms with Crippen LogP contribution in [0.5, 0.6) is 11.5 Å². The summed E-state index contributed by atoms with van der Waals surface area (Å²) < 4.78 is 15.6. The monoisotopic (exact) mass is 462 g/mol. The number of methoxy groups -OCH3 is 2. The topological polar surface area (TPSA) is 103 Å². The molecule has 0 aromatic heterocycles. The van der Waals surface area contributed by atoms with Crippen LogP contribution in [0.15, 0.2) is 72.8 Å². The van der Waals surface area contributed by atoms with E-state index in [1.165, 1.54) is 13.0 Å². The molecular weight excluding hydrogens is 436 g/mol. The fourth-order valence-electron chi connectivity index (χ4n) is 3.30. The standard InChI is InChI=1S/C26H26N2O6/c1-17(29)27-21-6-4-5-20(15-21)26(31)34-16-24(30)28-25(18-7-11-22(32-2)12-8-18)19-9-13-23(33-3)14-10-19/h4-15,25H,16H2,1-3H3,(H,27,29)(H,28,30). The van der Waals surface area contributed by atoms with Crippen LogP contribution in [0, 0.1) is 0 Å². The van der Waals surface area contributed by atoms with Gasteiger partial charge in [-0.05, 0) is 53.6 Å². The highest BCUT2D eigenvalue weighted by atomic mass is 16.5. The van der Waals surface area contributed by atoms with Gasteiger partial charge in [-0.2, -0.15) is 0 Å². The number of carbonyl (C=O) groups is 3. The maximum atomic E-state index is 12.7. The first kappa shape index (κ1) is 24.3. The van der Waals surface area contributed by atoms with Gasteiger partial charge in [0.1, 0.15) is 11.5 Å². The Morgan fingerprint density at radius 1 is 0.824 bits per heavy atom. The summed E-state index contributed by atoms with van der Waals surface area (Å²) in [6.07, 6.45) is 0. The molecule has 0 saturated carbocycles. The van der Waals surface area contributed by atoms with Crippen molar-refractivity contribution in [3.05, 3.63) is 89.5 Å². The molecule has 3 aromatic carbocycles. The maximum absolute atomic E-state index is 12.7. The van der Waals surface area contributed by atoms with E-state index in [1.807, 2.05) is 24.3 Å². The molecule has 176 valence electrons. The molecule has 2 amide bonds. The van der Waals surface area contributed by atoms with Crippen LogP contribution in [-0.2, 0) is 14.3 Å². The molecule has 0 saturated heterocycles. The van der Waals surface area contributed by atoms with E-state index < -0.39 is 24.5 Å². The van der Waals surface area contributed by atoms with Gasteiger partial charge in [0.25, 0.3) is 5.91 Å². The normalized spacial score (nSPS) is 10.4. The van der Waals surface area contributed by atoms with Gasteiger partial charge in [0, 0.05) is 12.6 Å². The number of nitrogens with one attached hydrogen (secondary N) is 2. The first-order chi connectivity index (χ1) is 16.4. The van der Waals surface area contributed by atoms with Crippen LogP contribution in [0.3, 0.4) is 0 Å². The van der Waals surface area contributed by atoms with Crippen molar-refractivity contribution in [2.75, 3.05) is 26.1 Å². The zero-order chi connectivity index (χ0) is 24.5. The molecule has 0 fully saturated rings. The Hall–Kier alpha value is -4.33. The Bertz CT molecular complexity index is 1100. The molecule has 8 heteroatoms. The van der Waals surface area contributed by atoms with Crippen molar-refractivity contribution in [1.82, 2.24) is 5.32 Å². The predicted molar refractivity (Wildman–Crippen MR) is 127 cm³/mol. The van der Waals surface area contributed by atoms with Crippen molar-refractivity contribution in [2.24, 2.45) is 0 Å². The minimum Gasteiger partial charge on any atom is -0.497 e. The van der Waals surface area contributed by atoms with Crippen LogP contribution < -0.4 is 20.1 Å². The van der Waals surface area contributed by atoms with E-state index in [1.54, 1.807) is 56.7 Å². The number of ether oxygens (including phenoxy) is 3. The highest BCUT2D eigenvalue weighted by Crippen LogP contribution is 2.26. The zero-order valence-electron chi connectivity index (χ0n) is 19.2. The molecule has 0 aliphatic carbocycles. The second kappa shape index (κ2) is 11.5. The number of rotatable bonds is 9. The number of anilines is 1. The Labute approximate surface area is 197 Å². The molecule has 8 nitrogen and oxygen atoms in total. The predicted octanol–water partition coefficient (Wildman–Crippen LogP) is 3.72. The fourth-order valence-corrected chi connectivity index (χ4v) is 3.30. The first-order valence-corrected chi connectivity index (χ1v) is 10.5. The van der Waals surface area contributed by atoms with Gasteiger partial charge >= 0.3 is 5.97 Å². The second-order valence-corrected chi connectivity index (χ2v) is 7.38. The van der Waals surface area contributed by atoms with Crippen LogP contribution in [0.2, 0.25) is 0 Å². The molecular formula is C26H26N2O6. The molecule has 34 heavy (non-hydrogen) atoms. The van der Waals surface area contributed by atoms with Crippen molar-refractivity contribution in [3.8, 4) is 11.5 Å². The van der Waals surface area contributed by atoms with Crippen LogP contribution in [0.1, 0.15) is 34.5 Å². The van der Waals surface area contributed by atoms with Crippen LogP contribution in [-0.4, -0.2) is 38.6 Å². The average molecular weight is 463 g/mol. The minimum absolute atomic E-state index is 0.223. The molecule has 3 aromatic rings. The number of hydrogen-bond donors (Lipinski definition) is 2. The first-order valence-electron chi connectivity index (χ1n) is 10.5. The highest BCUT2D eigenvalue weighted by molar-refractivity contribution is 5.94. The van der Waals surface area contributed by atoms with Gasteiger partial charge in [0.15, 0.2) is 6.61 Å². The third kappa shape index (κ3) is 6.59. The van der Waals surface area contributed by atoms with Crippen LogP contribution in [0.25, 0.3) is 0 Å². The second-order valence-electron chi connectivity index (χ2n) is 7.38. The minimum atomic E-state index is -0.673. The largest absolute Gasteiger partial charge is 0.497 e. The fraction of sp³-hybridized carbons (Fsp3) is 0.192. The van der Waals surface area contributed by atoms with E-state index in [9.17, 15) is 14.4 Å². The summed E-state index contributed by atoms with van der Waals surface area (Å²) >= 11 is 0. The number of benzene rings is 3. The zero-order valence-corrected chi connectivity index (χ0v) is 19.2. The van der Waals surface area contributed by atoms with E-state index in [0.29, 0.717) is 17.2 Å².